The molecule has 2 amide bonds. The van der Waals surface area contributed by atoms with E-state index >= 15 is 0 Å². The Morgan fingerprint density at radius 1 is 1.00 bits per heavy atom. The van der Waals surface area contributed by atoms with Gasteiger partial charge in [-0.1, -0.05) is 0 Å². The SMILES string of the molecule is O=C(CC12CC3CC(CC(C3)C1)C2)NCCNC(=O)c1cnccn1. The number of nitrogens with zero attached hydrogens (tertiary/aromatic N) is 2. The third kappa shape index (κ3) is 3.67. The van der Waals surface area contributed by atoms with E-state index in [0.29, 0.717) is 25.2 Å². The average Bonchev–Trinajstić information content (AvgIpc) is 2.57. The fraction of sp³-hybridized carbons (Fsp3) is 0.684. The van der Waals surface area contributed by atoms with Crippen molar-refractivity contribution in [3.63, 3.8) is 0 Å². The van der Waals surface area contributed by atoms with Gasteiger partial charge >= 0.3 is 0 Å². The van der Waals surface area contributed by atoms with Crippen molar-refractivity contribution in [1.82, 2.24) is 20.6 Å². The Bertz CT molecular complexity index is 611. The summed E-state index contributed by atoms with van der Waals surface area (Å²) < 4.78 is 0. The lowest BCUT2D eigenvalue weighted by atomic mass is 9.49. The van der Waals surface area contributed by atoms with Gasteiger partial charge in [-0.25, -0.2) is 4.98 Å². The summed E-state index contributed by atoms with van der Waals surface area (Å²) >= 11 is 0. The zero-order valence-corrected chi connectivity index (χ0v) is 14.5. The van der Waals surface area contributed by atoms with Crippen molar-refractivity contribution >= 4 is 11.8 Å². The zero-order chi connectivity index (χ0) is 17.3. The van der Waals surface area contributed by atoms with Crippen molar-refractivity contribution in [2.45, 2.75) is 44.9 Å². The van der Waals surface area contributed by atoms with Gasteiger partial charge in [-0.3, -0.25) is 14.6 Å². The van der Waals surface area contributed by atoms with Crippen LogP contribution >= 0.6 is 0 Å². The molecule has 0 atom stereocenters. The Morgan fingerprint density at radius 2 is 1.64 bits per heavy atom. The number of rotatable bonds is 6. The van der Waals surface area contributed by atoms with E-state index in [1.165, 1.54) is 57.1 Å². The Labute approximate surface area is 148 Å². The highest BCUT2D eigenvalue weighted by molar-refractivity contribution is 5.91. The number of aromatic nitrogens is 2. The van der Waals surface area contributed by atoms with Gasteiger partial charge in [-0.2, -0.15) is 0 Å². The molecule has 5 rings (SSSR count). The lowest BCUT2D eigenvalue weighted by molar-refractivity contribution is -0.129. The second-order valence-electron chi connectivity index (χ2n) is 8.29. The third-order valence-electron chi connectivity index (χ3n) is 6.23. The number of hydrogen-bond acceptors (Lipinski definition) is 4. The molecule has 134 valence electrons. The molecule has 4 fully saturated rings. The maximum Gasteiger partial charge on any atom is 0.271 e. The number of nitrogens with one attached hydrogen (secondary N) is 2. The molecule has 25 heavy (non-hydrogen) atoms. The first-order valence-electron chi connectivity index (χ1n) is 9.43. The van der Waals surface area contributed by atoms with Gasteiger partial charge in [0.2, 0.25) is 5.91 Å². The van der Waals surface area contributed by atoms with Gasteiger partial charge in [0.15, 0.2) is 0 Å². The smallest absolute Gasteiger partial charge is 0.271 e. The molecule has 0 unspecified atom stereocenters. The summed E-state index contributed by atoms with van der Waals surface area (Å²) in [5.41, 5.74) is 0.559. The predicted octanol–water partition coefficient (Wildman–Crippen LogP) is 1.93. The van der Waals surface area contributed by atoms with Crippen molar-refractivity contribution in [2.24, 2.45) is 23.2 Å². The van der Waals surface area contributed by atoms with E-state index in [9.17, 15) is 9.59 Å². The monoisotopic (exact) mass is 342 g/mol. The molecular weight excluding hydrogens is 316 g/mol. The van der Waals surface area contributed by atoms with E-state index in [1.807, 2.05) is 0 Å². The Hall–Kier alpha value is -1.98. The van der Waals surface area contributed by atoms with E-state index in [0.717, 1.165) is 17.8 Å². The molecule has 4 aliphatic carbocycles. The summed E-state index contributed by atoms with van der Waals surface area (Å²) in [6.45, 7) is 0.860. The van der Waals surface area contributed by atoms with Crippen LogP contribution in [0.25, 0.3) is 0 Å². The minimum absolute atomic E-state index is 0.135. The summed E-state index contributed by atoms with van der Waals surface area (Å²) in [5, 5.41) is 5.73. The number of amides is 2. The normalized spacial score (nSPS) is 32.4. The summed E-state index contributed by atoms with van der Waals surface area (Å²) in [6, 6.07) is 0. The molecule has 2 N–H and O–H groups in total. The molecule has 4 saturated carbocycles. The van der Waals surface area contributed by atoms with E-state index in [-0.39, 0.29) is 17.2 Å². The number of hydrogen-bond donors (Lipinski definition) is 2. The highest BCUT2D eigenvalue weighted by Crippen LogP contribution is 2.61. The number of carbonyl (C=O) groups is 2. The van der Waals surface area contributed by atoms with Crippen molar-refractivity contribution in [3.8, 4) is 0 Å². The molecule has 6 nitrogen and oxygen atoms in total. The van der Waals surface area contributed by atoms with Crippen LogP contribution in [0.4, 0.5) is 0 Å². The van der Waals surface area contributed by atoms with Gasteiger partial charge < -0.3 is 10.6 Å². The van der Waals surface area contributed by atoms with Crippen molar-refractivity contribution in [1.29, 1.82) is 0 Å². The minimum Gasteiger partial charge on any atom is -0.354 e. The van der Waals surface area contributed by atoms with Gasteiger partial charge in [-0.05, 0) is 61.7 Å². The van der Waals surface area contributed by atoms with E-state index in [2.05, 4.69) is 20.6 Å². The van der Waals surface area contributed by atoms with E-state index in [4.69, 9.17) is 0 Å². The largest absolute Gasteiger partial charge is 0.354 e. The summed E-state index contributed by atoms with van der Waals surface area (Å²) in [7, 11) is 0. The first-order chi connectivity index (χ1) is 12.1. The summed E-state index contributed by atoms with van der Waals surface area (Å²) in [6.07, 6.45) is 13.0. The Morgan fingerprint density at radius 3 is 2.24 bits per heavy atom. The van der Waals surface area contributed by atoms with Crippen LogP contribution in [0, 0.1) is 23.2 Å². The quantitative estimate of drug-likeness (QED) is 0.774. The van der Waals surface area contributed by atoms with Crippen LogP contribution in [0.5, 0.6) is 0 Å². The average molecular weight is 342 g/mol. The molecular formula is C19H26N4O2. The summed E-state index contributed by atoms with van der Waals surface area (Å²) in [4.78, 5) is 32.1. The van der Waals surface area contributed by atoms with E-state index in [1.54, 1.807) is 0 Å². The fourth-order valence-electron chi connectivity index (χ4n) is 5.79. The fourth-order valence-corrected chi connectivity index (χ4v) is 5.79. The second kappa shape index (κ2) is 6.73. The topological polar surface area (TPSA) is 84.0 Å². The molecule has 0 radical (unpaired) electrons. The van der Waals surface area contributed by atoms with Crippen molar-refractivity contribution in [3.05, 3.63) is 24.3 Å². The van der Waals surface area contributed by atoms with Crippen LogP contribution in [0.15, 0.2) is 18.6 Å². The first kappa shape index (κ1) is 16.5. The third-order valence-corrected chi connectivity index (χ3v) is 6.23. The second-order valence-corrected chi connectivity index (χ2v) is 8.29. The summed E-state index contributed by atoms with van der Waals surface area (Å²) in [5.74, 6) is 2.47. The molecule has 0 spiro atoms. The first-order valence-corrected chi connectivity index (χ1v) is 9.43. The molecule has 0 saturated heterocycles. The maximum atomic E-state index is 12.4. The zero-order valence-electron chi connectivity index (χ0n) is 14.5. The van der Waals surface area contributed by atoms with Crippen LogP contribution in [-0.4, -0.2) is 34.9 Å². The standard InChI is InChI=1S/C19H26N4O2/c24-17(22-3-4-23-18(25)16-12-20-1-2-21-16)11-19-8-13-5-14(9-19)7-15(6-13)10-19/h1-2,12-15H,3-11H2,(H,22,24)(H,23,25). The molecule has 0 aliphatic heterocycles. The minimum atomic E-state index is -0.261. The van der Waals surface area contributed by atoms with E-state index < -0.39 is 0 Å². The van der Waals surface area contributed by atoms with Crippen LogP contribution in [0.1, 0.15) is 55.4 Å². The molecule has 0 aromatic carbocycles. The molecule has 1 aromatic heterocycles. The lowest BCUT2D eigenvalue weighted by Crippen LogP contribution is -2.48. The van der Waals surface area contributed by atoms with Crippen LogP contribution in [-0.2, 0) is 4.79 Å². The van der Waals surface area contributed by atoms with Crippen LogP contribution < -0.4 is 10.6 Å². The van der Waals surface area contributed by atoms with Crippen molar-refractivity contribution in [2.75, 3.05) is 13.1 Å². The van der Waals surface area contributed by atoms with Gasteiger partial charge in [0.25, 0.3) is 5.91 Å². The highest BCUT2D eigenvalue weighted by Gasteiger charge is 2.51. The number of carbonyl (C=O) groups excluding carboxylic acids is 2. The van der Waals surface area contributed by atoms with Crippen LogP contribution in [0.2, 0.25) is 0 Å². The highest BCUT2D eigenvalue weighted by atomic mass is 16.2. The predicted molar refractivity (Wildman–Crippen MR) is 92.6 cm³/mol. The van der Waals surface area contributed by atoms with Gasteiger partial charge in [0.1, 0.15) is 5.69 Å². The van der Waals surface area contributed by atoms with Gasteiger partial charge in [0, 0.05) is 31.9 Å². The molecule has 4 aliphatic rings. The van der Waals surface area contributed by atoms with Gasteiger partial charge in [0.05, 0.1) is 6.20 Å². The Kier molecular flexibility index (Phi) is 4.44. The molecule has 1 aromatic rings. The van der Waals surface area contributed by atoms with Crippen molar-refractivity contribution < 1.29 is 9.59 Å². The lowest BCUT2D eigenvalue weighted by Gasteiger charge is -2.56. The molecule has 1 heterocycles. The molecule has 6 heteroatoms. The molecule has 4 bridgehead atoms. The van der Waals surface area contributed by atoms with Gasteiger partial charge in [-0.15, -0.1) is 0 Å². The maximum absolute atomic E-state index is 12.4. The van der Waals surface area contributed by atoms with Crippen LogP contribution in [0.3, 0.4) is 0 Å². The Balaban J connectivity index is 1.20.